The van der Waals surface area contributed by atoms with Crippen LogP contribution in [-0.4, -0.2) is 126 Å². The number of hydrogen-bond acceptors (Lipinski definition) is 13. The van der Waals surface area contributed by atoms with Crippen LogP contribution in [0.1, 0.15) is 149 Å². The van der Waals surface area contributed by atoms with Gasteiger partial charge in [0.05, 0.1) is 5.84 Å². The van der Waals surface area contributed by atoms with E-state index in [1.807, 2.05) is 73.7 Å². The number of urea groups is 2. The molecule has 91 heavy (non-hydrogen) atoms. The SMILES string of the molecule is C.C#C.C#CC.C#CC#CC.C#CC#CC#C.CC#CC.CCC(=N)N.CCC1=NC(=O)C(CC)C(=O)N1.CCN=C=O.CCNC(=O)N=C(CC)NC(=O)NCC.CCc1nc(=O)n(CC)c(=O)n1PC.CCc1nc(=O)n(CC)c(=O)n1PC.CI.CPC. The fourth-order valence-electron chi connectivity index (χ4n) is 4.69. The van der Waals surface area contributed by atoms with E-state index >= 15 is 0 Å². The average molecular weight is 1430 g/mol. The van der Waals surface area contributed by atoms with Crippen LogP contribution in [0.15, 0.2) is 34.2 Å². The molecule has 0 aliphatic carbocycles. The van der Waals surface area contributed by atoms with E-state index in [-0.39, 0.29) is 42.5 Å². The highest BCUT2D eigenvalue weighted by Gasteiger charge is 2.29. The van der Waals surface area contributed by atoms with E-state index in [0.29, 0.717) is 112 Å². The zero-order chi connectivity index (χ0) is 72.4. The summed E-state index contributed by atoms with van der Waals surface area (Å²) in [5.41, 5.74) is 3.50. The number of hydrogen-bond donors (Lipinski definition) is 6. The van der Waals surface area contributed by atoms with Crippen molar-refractivity contribution in [2.45, 2.75) is 163 Å². The molecular weight excluding hydrogens is 1330 g/mol. The van der Waals surface area contributed by atoms with Crippen molar-refractivity contribution in [2.24, 2.45) is 26.6 Å². The number of amides is 6. The van der Waals surface area contributed by atoms with Gasteiger partial charge in [0.2, 0.25) is 12.0 Å². The van der Waals surface area contributed by atoms with Crippen molar-refractivity contribution < 1.29 is 24.0 Å². The number of terminal acetylenes is 5. The Balaban J connectivity index is -0.0000000889. The van der Waals surface area contributed by atoms with Crippen molar-refractivity contribution in [1.82, 2.24) is 49.0 Å². The molecule has 0 aromatic carbocycles. The van der Waals surface area contributed by atoms with Crippen LogP contribution in [0.2, 0.25) is 0 Å². The van der Waals surface area contributed by atoms with Crippen molar-refractivity contribution >= 4 is 96.1 Å². The number of nitrogens with two attached hydrogens (primary N) is 1. The molecule has 0 bridgehead atoms. The van der Waals surface area contributed by atoms with Crippen molar-refractivity contribution in [3.8, 4) is 97.7 Å². The minimum atomic E-state index is -0.569. The first kappa shape index (κ1) is 107. The normalized spacial score (nSPS) is 9.99. The molecule has 28 heteroatoms. The summed E-state index contributed by atoms with van der Waals surface area (Å²) in [6, 6.07) is -0.784. The number of amidine groups is 3. The van der Waals surface area contributed by atoms with Gasteiger partial charge in [-0.1, -0.05) is 77.5 Å². The maximum atomic E-state index is 11.7. The number of aromatic nitrogens is 6. The molecule has 3 unspecified atom stereocenters. The second-order valence-corrected chi connectivity index (χ2v) is 17.5. The van der Waals surface area contributed by atoms with Gasteiger partial charge in [0.15, 0.2) is 0 Å². The number of aryl methyl sites for hydroxylation is 2. The highest BCUT2D eigenvalue weighted by Crippen LogP contribution is 2.10. The maximum absolute atomic E-state index is 11.7. The number of isocyanates is 1. The number of aliphatic imine (C=N–C) groups is 3. The minimum Gasteiger partial charge on any atom is -0.388 e. The van der Waals surface area contributed by atoms with Crippen LogP contribution in [0.25, 0.3) is 0 Å². The van der Waals surface area contributed by atoms with Gasteiger partial charge in [0.25, 0.3) is 5.91 Å². The molecule has 0 saturated heterocycles. The van der Waals surface area contributed by atoms with Crippen molar-refractivity contribution in [1.29, 1.82) is 5.41 Å². The molecule has 3 heterocycles. The number of halogens is 1. The van der Waals surface area contributed by atoms with Crippen LogP contribution >= 0.6 is 48.6 Å². The van der Waals surface area contributed by atoms with E-state index < -0.39 is 23.3 Å². The minimum absolute atomic E-state index is 0. The summed E-state index contributed by atoms with van der Waals surface area (Å²) < 4.78 is 5.42. The predicted octanol–water partition coefficient (Wildman–Crippen LogP) is 7.54. The Kier molecular flexibility index (Phi) is 99.0. The first-order chi connectivity index (χ1) is 42.9. The quantitative estimate of drug-likeness (QED) is 0.0166. The van der Waals surface area contributed by atoms with Crippen LogP contribution in [0.5, 0.6) is 0 Å². The third-order valence-corrected chi connectivity index (χ3v) is 10.4. The third-order valence-electron chi connectivity index (χ3n) is 8.61. The van der Waals surface area contributed by atoms with Crippen LogP contribution in [0, 0.1) is 109 Å². The topological polar surface area (TPSA) is 334 Å². The van der Waals surface area contributed by atoms with E-state index in [1.54, 1.807) is 57.1 Å². The first-order valence-electron chi connectivity index (χ1n) is 27.7. The smallest absolute Gasteiger partial charge is 0.353 e. The highest BCUT2D eigenvalue weighted by molar-refractivity contribution is 14.1. The second-order valence-electron chi connectivity index (χ2n) is 14.7. The highest BCUT2D eigenvalue weighted by atomic mass is 127. The molecule has 1 aliphatic rings. The molecule has 24 nitrogen and oxygen atoms in total. The lowest BCUT2D eigenvalue weighted by Gasteiger charge is -2.17. The van der Waals surface area contributed by atoms with Crippen LogP contribution in [-0.2, 0) is 40.3 Å². The predicted molar refractivity (Wildman–Crippen MR) is 398 cm³/mol. The Morgan fingerprint density at radius 1 is 0.681 bits per heavy atom. The van der Waals surface area contributed by atoms with E-state index in [2.05, 4.69) is 161 Å². The van der Waals surface area contributed by atoms with Gasteiger partial charge >= 0.3 is 34.8 Å². The first-order valence-corrected chi connectivity index (χ1v) is 34.7. The summed E-state index contributed by atoms with van der Waals surface area (Å²) in [4.78, 5) is 120. The molecule has 2 aromatic heterocycles. The number of carbonyl (C=O) groups excluding carboxylic acids is 5. The summed E-state index contributed by atoms with van der Waals surface area (Å²) in [7, 11) is 1.71. The zero-order valence-corrected chi connectivity index (χ0v) is 61.6. The molecule has 1 aliphatic heterocycles. The van der Waals surface area contributed by atoms with E-state index in [4.69, 9.17) is 35.2 Å². The number of alkyl halides is 1. The van der Waals surface area contributed by atoms with Gasteiger partial charge in [0.1, 0.15) is 29.2 Å². The Bertz CT molecular complexity index is 2990. The van der Waals surface area contributed by atoms with Gasteiger partial charge in [0, 0.05) is 64.8 Å². The van der Waals surface area contributed by atoms with Crippen molar-refractivity contribution in [3.63, 3.8) is 0 Å². The Morgan fingerprint density at radius 2 is 1.07 bits per heavy atom. The molecule has 2 aromatic rings. The molecule has 7 N–H and O–H groups in total. The maximum Gasteiger partial charge on any atom is 0.353 e. The second kappa shape index (κ2) is 83.9. The summed E-state index contributed by atoms with van der Waals surface area (Å²) in [5.74, 6) is 24.4. The standard InChI is InChI=1S/C9H18N4O2.2C8H14N3O2P.C8H12N2O2.C6H2.C5H4.C4H6.C3H8N2.C3H5NO.C3H4.C2H7P.C2H2.CH3I.CH4/c1-4-7(12-8(14)10-5-2)13-9(15)11-6-3;2*1-4-6-9-7(12)10(5-2)8(13)11(6)14-3;1-3-5-7(11)9-6(4-2)10-8(5)12;1-3-5-6-4-2;1-3-5-4-2;1-3-4-2;1-2-3(4)5;1-2-4-3-5;2*1-3-2;2*1-2;/h4-6H2,1-3H3,(H3,10,11,12,13,14,15);2*14H,4-5H2,1-3H3;5H,3-4H2,1-2H3,(H,9,10,11,12);1-2H;1H,2H3;1-2H3;2H2,1H3,(H3,4,5);2H2,1H3;1H,2H3;3H,1-2H3;1-2H;1H3;1H4. The molecule has 0 radical (unpaired) electrons. The molecule has 0 saturated carbocycles. The summed E-state index contributed by atoms with van der Waals surface area (Å²) in [6.07, 6.45) is 31.6. The summed E-state index contributed by atoms with van der Waals surface area (Å²) in [5, 5.41) is 16.7. The molecule has 506 valence electrons. The number of rotatable bonds is 13. The van der Waals surface area contributed by atoms with E-state index in [0.717, 1.165) is 17.7 Å². The zero-order valence-electron chi connectivity index (χ0n) is 56.5. The lowest BCUT2D eigenvalue weighted by atomic mass is 10.0. The van der Waals surface area contributed by atoms with Gasteiger partial charge < -0.3 is 21.7 Å². The van der Waals surface area contributed by atoms with Gasteiger partial charge in [-0.05, 0) is 153 Å². The molecule has 0 fully saturated rings. The summed E-state index contributed by atoms with van der Waals surface area (Å²) in [6.45, 7) is 37.4. The molecule has 3 atom stereocenters. The molecular formula is C63H103IN15O9P3. The summed E-state index contributed by atoms with van der Waals surface area (Å²) >= 11 is 2.15. The van der Waals surface area contributed by atoms with Gasteiger partial charge in [-0.2, -0.15) is 20.0 Å². The molecule has 6 amide bonds. The fraction of sp³-hybridized carbons (Fsp3) is 0.524. The van der Waals surface area contributed by atoms with Crippen molar-refractivity contribution in [3.05, 3.63) is 53.6 Å². The fourth-order valence-corrected chi connectivity index (χ4v) is 6.25. The van der Waals surface area contributed by atoms with Crippen LogP contribution in [0.4, 0.5) is 9.59 Å². The number of nitrogens with zero attached hydrogens (tertiary/aromatic N) is 9. The van der Waals surface area contributed by atoms with Gasteiger partial charge in [-0.15, -0.1) is 64.9 Å². The third kappa shape index (κ3) is 64.6. The van der Waals surface area contributed by atoms with Crippen LogP contribution in [0.3, 0.4) is 0 Å². The van der Waals surface area contributed by atoms with Crippen LogP contribution < -0.4 is 49.8 Å². The molecule has 3 rings (SSSR count). The Hall–Kier alpha value is -8.21. The Morgan fingerprint density at radius 3 is 1.27 bits per heavy atom. The number of carbonyl (C=O) groups is 4. The monoisotopic (exact) mass is 1430 g/mol. The average Bonchev–Trinajstić information content (AvgIpc) is 3.70. The molecule has 0 spiro atoms. The van der Waals surface area contributed by atoms with Crippen molar-refractivity contribution in [2.75, 3.05) is 51.2 Å². The van der Waals surface area contributed by atoms with E-state index in [1.165, 1.54) is 6.08 Å². The Labute approximate surface area is 563 Å². The largest absolute Gasteiger partial charge is 0.388 e. The lowest BCUT2D eigenvalue weighted by molar-refractivity contribution is -0.133. The van der Waals surface area contributed by atoms with Gasteiger partial charge in [-0.25, -0.2) is 47.7 Å². The number of nitrogens with one attached hydrogen (secondary N) is 5. The lowest BCUT2D eigenvalue weighted by Crippen LogP contribution is -2.43. The van der Waals surface area contributed by atoms with E-state index in [9.17, 15) is 38.4 Å². The van der Waals surface area contributed by atoms with Gasteiger partial charge in [-0.3, -0.25) is 29.0 Å².